The predicted octanol–water partition coefficient (Wildman–Crippen LogP) is 3.56. The van der Waals surface area contributed by atoms with Crippen LogP contribution in [0.4, 0.5) is 19.3 Å². The van der Waals surface area contributed by atoms with Gasteiger partial charge in [-0.05, 0) is 45.9 Å². The lowest BCUT2D eigenvalue weighted by molar-refractivity contribution is -0.123. The summed E-state index contributed by atoms with van der Waals surface area (Å²) in [6.45, 7) is 6.86. The maximum atomic E-state index is 14.1. The van der Waals surface area contributed by atoms with E-state index in [1.165, 1.54) is 11.1 Å². The third-order valence-corrected chi connectivity index (χ3v) is 5.54. The molecule has 31 heavy (non-hydrogen) atoms. The van der Waals surface area contributed by atoms with Crippen LogP contribution in [0.1, 0.15) is 36.4 Å². The second-order valence-electron chi connectivity index (χ2n) is 8.00. The number of urea groups is 1. The Morgan fingerprint density at radius 1 is 1.13 bits per heavy atom. The molecule has 1 aliphatic rings. The molecule has 10 heteroatoms. The molecule has 3 amide bonds. The molecule has 1 fully saturated rings. The summed E-state index contributed by atoms with van der Waals surface area (Å²) in [7, 11) is 0. The molecule has 1 aliphatic heterocycles. The fourth-order valence-corrected chi connectivity index (χ4v) is 3.61. The number of hydrogen-bond acceptors (Lipinski definition) is 5. The standard InChI is InChI=1S/C21H21F2N5O3/c1-12-17(13(2)31-25-12)11-26-10-16(8-24-26)28-19(29)21(3,4)27(20(28)30)9-14-7-15(22)5-6-18(14)23/h5-8,10H,9,11H2,1-4H3. The van der Waals surface area contributed by atoms with Crippen molar-refractivity contribution >= 4 is 17.6 Å². The number of carbonyl (C=O) groups excluding carboxylic acids is 2. The number of nitrogens with zero attached hydrogens (tertiary/aromatic N) is 5. The Balaban J connectivity index is 1.61. The molecule has 3 aromatic rings. The fraction of sp³-hybridized carbons (Fsp3) is 0.333. The molecular weight excluding hydrogens is 408 g/mol. The van der Waals surface area contributed by atoms with Gasteiger partial charge in [0.2, 0.25) is 0 Å². The number of hydrogen-bond donors (Lipinski definition) is 0. The van der Waals surface area contributed by atoms with Gasteiger partial charge in [-0.1, -0.05) is 5.16 Å². The molecule has 3 heterocycles. The highest BCUT2D eigenvalue weighted by atomic mass is 19.1. The summed E-state index contributed by atoms with van der Waals surface area (Å²) in [6.07, 6.45) is 2.99. The van der Waals surface area contributed by atoms with Crippen LogP contribution in [-0.4, -0.2) is 37.3 Å². The average Bonchev–Trinajstić information content (AvgIpc) is 3.34. The van der Waals surface area contributed by atoms with Gasteiger partial charge in [-0.2, -0.15) is 5.10 Å². The molecule has 1 saturated heterocycles. The molecule has 162 valence electrons. The van der Waals surface area contributed by atoms with Crippen molar-refractivity contribution in [1.82, 2.24) is 19.8 Å². The zero-order chi connectivity index (χ0) is 22.5. The van der Waals surface area contributed by atoms with Gasteiger partial charge in [-0.3, -0.25) is 9.48 Å². The van der Waals surface area contributed by atoms with E-state index in [1.54, 1.807) is 31.6 Å². The average molecular weight is 429 g/mol. The third kappa shape index (κ3) is 3.47. The van der Waals surface area contributed by atoms with Gasteiger partial charge in [0.25, 0.3) is 5.91 Å². The summed E-state index contributed by atoms with van der Waals surface area (Å²) in [4.78, 5) is 28.4. The maximum absolute atomic E-state index is 14.1. The van der Waals surface area contributed by atoms with Crippen molar-refractivity contribution in [2.24, 2.45) is 0 Å². The highest BCUT2D eigenvalue weighted by molar-refractivity contribution is 6.22. The SMILES string of the molecule is Cc1noc(C)c1Cn1cc(N2C(=O)N(Cc3cc(F)ccc3F)C(C)(C)C2=O)cn1. The summed E-state index contributed by atoms with van der Waals surface area (Å²) in [5, 5.41) is 8.15. The topological polar surface area (TPSA) is 84.5 Å². The van der Waals surface area contributed by atoms with Crippen LogP contribution in [-0.2, 0) is 17.9 Å². The number of aromatic nitrogens is 3. The summed E-state index contributed by atoms with van der Waals surface area (Å²) >= 11 is 0. The zero-order valence-electron chi connectivity index (χ0n) is 17.5. The summed E-state index contributed by atoms with van der Waals surface area (Å²) in [5.74, 6) is -1.09. The lowest BCUT2D eigenvalue weighted by atomic mass is 10.0. The van der Waals surface area contributed by atoms with E-state index in [-0.39, 0.29) is 17.8 Å². The molecule has 0 unspecified atom stereocenters. The molecule has 2 aromatic heterocycles. The molecule has 0 bridgehead atoms. The lowest BCUT2D eigenvalue weighted by Gasteiger charge is -2.27. The van der Waals surface area contributed by atoms with Crippen molar-refractivity contribution in [3.8, 4) is 0 Å². The molecule has 0 saturated carbocycles. The number of benzene rings is 1. The highest BCUT2D eigenvalue weighted by Crippen LogP contribution is 2.33. The van der Waals surface area contributed by atoms with E-state index >= 15 is 0 Å². The molecule has 0 N–H and O–H groups in total. The Hall–Kier alpha value is -3.56. The first-order valence-corrected chi connectivity index (χ1v) is 9.64. The monoisotopic (exact) mass is 429 g/mol. The van der Waals surface area contributed by atoms with Gasteiger partial charge in [-0.15, -0.1) is 0 Å². The molecule has 4 rings (SSSR count). The smallest absolute Gasteiger partial charge is 0.332 e. The number of amides is 3. The van der Waals surface area contributed by atoms with Crippen LogP contribution in [0, 0.1) is 25.5 Å². The Labute approximate surface area is 177 Å². The van der Waals surface area contributed by atoms with Crippen LogP contribution < -0.4 is 4.90 Å². The van der Waals surface area contributed by atoms with Crippen molar-refractivity contribution in [3.63, 3.8) is 0 Å². The third-order valence-electron chi connectivity index (χ3n) is 5.54. The molecule has 1 aromatic carbocycles. The number of carbonyl (C=O) groups is 2. The zero-order valence-corrected chi connectivity index (χ0v) is 17.5. The Kier molecular flexibility index (Phi) is 4.87. The van der Waals surface area contributed by atoms with Gasteiger partial charge in [0, 0.05) is 17.3 Å². The first kappa shape index (κ1) is 20.7. The fourth-order valence-electron chi connectivity index (χ4n) is 3.61. The van der Waals surface area contributed by atoms with Crippen LogP contribution in [0.5, 0.6) is 0 Å². The second kappa shape index (κ2) is 7.29. The number of halogens is 2. The number of imide groups is 1. The van der Waals surface area contributed by atoms with Crippen LogP contribution in [0.25, 0.3) is 0 Å². The minimum atomic E-state index is -1.25. The van der Waals surface area contributed by atoms with Crippen LogP contribution in [0.2, 0.25) is 0 Å². The molecule has 8 nitrogen and oxygen atoms in total. The van der Waals surface area contributed by atoms with Crippen LogP contribution in [0.3, 0.4) is 0 Å². The van der Waals surface area contributed by atoms with Crippen molar-refractivity contribution in [2.75, 3.05) is 4.90 Å². The van der Waals surface area contributed by atoms with E-state index in [4.69, 9.17) is 4.52 Å². The van der Waals surface area contributed by atoms with E-state index in [0.717, 1.165) is 34.4 Å². The van der Waals surface area contributed by atoms with Crippen molar-refractivity contribution < 1.29 is 22.9 Å². The first-order valence-electron chi connectivity index (χ1n) is 9.64. The van der Waals surface area contributed by atoms with Gasteiger partial charge >= 0.3 is 6.03 Å². The molecule has 0 spiro atoms. The van der Waals surface area contributed by atoms with Crippen molar-refractivity contribution in [3.05, 3.63) is 64.8 Å². The van der Waals surface area contributed by atoms with E-state index in [1.807, 2.05) is 6.92 Å². The van der Waals surface area contributed by atoms with Gasteiger partial charge in [0.1, 0.15) is 22.9 Å². The highest BCUT2D eigenvalue weighted by Gasteiger charge is 2.52. The predicted molar refractivity (Wildman–Crippen MR) is 106 cm³/mol. The number of anilines is 1. The minimum absolute atomic E-state index is 0.00909. The van der Waals surface area contributed by atoms with E-state index in [0.29, 0.717) is 12.3 Å². The molecule has 0 radical (unpaired) electrons. The number of aryl methyl sites for hydroxylation is 2. The second-order valence-corrected chi connectivity index (χ2v) is 8.00. The van der Waals surface area contributed by atoms with Crippen LogP contribution >= 0.6 is 0 Å². The number of rotatable bonds is 5. The van der Waals surface area contributed by atoms with Gasteiger partial charge in [-0.25, -0.2) is 18.5 Å². The van der Waals surface area contributed by atoms with E-state index in [9.17, 15) is 18.4 Å². The van der Waals surface area contributed by atoms with Crippen LogP contribution in [0.15, 0.2) is 35.1 Å². The minimum Gasteiger partial charge on any atom is -0.361 e. The van der Waals surface area contributed by atoms with Gasteiger partial charge in [0.15, 0.2) is 0 Å². The summed E-state index contributed by atoms with van der Waals surface area (Å²) < 4.78 is 34.4. The van der Waals surface area contributed by atoms with Crippen molar-refractivity contribution in [1.29, 1.82) is 0 Å². The quantitative estimate of drug-likeness (QED) is 0.579. The normalized spacial score (nSPS) is 15.9. The van der Waals surface area contributed by atoms with E-state index < -0.39 is 29.1 Å². The van der Waals surface area contributed by atoms with E-state index in [2.05, 4.69) is 10.3 Å². The molecular formula is C21H21F2N5O3. The summed E-state index contributed by atoms with van der Waals surface area (Å²) in [5.41, 5.74) is 0.617. The summed E-state index contributed by atoms with van der Waals surface area (Å²) in [6, 6.07) is 2.39. The Morgan fingerprint density at radius 3 is 2.55 bits per heavy atom. The Bertz CT molecular complexity index is 1160. The van der Waals surface area contributed by atoms with Gasteiger partial charge < -0.3 is 9.42 Å². The van der Waals surface area contributed by atoms with Crippen molar-refractivity contribution in [2.45, 2.75) is 46.3 Å². The van der Waals surface area contributed by atoms with Gasteiger partial charge in [0.05, 0.1) is 30.7 Å². The maximum Gasteiger partial charge on any atom is 0.332 e. The largest absolute Gasteiger partial charge is 0.361 e. The lowest BCUT2D eigenvalue weighted by Crippen LogP contribution is -2.43. The first-order chi connectivity index (χ1) is 14.6. The molecule has 0 atom stereocenters. The molecule has 0 aliphatic carbocycles. The Morgan fingerprint density at radius 2 is 1.87 bits per heavy atom.